The van der Waals surface area contributed by atoms with Crippen LogP contribution in [0.15, 0.2) is 69.5 Å². The molecule has 2 amide bonds. The summed E-state index contributed by atoms with van der Waals surface area (Å²) in [4.78, 5) is 29.3. The Labute approximate surface area is 174 Å². The molecule has 0 aliphatic rings. The molecule has 148 valence electrons. The normalized spacial score (nSPS) is 11.1. The van der Waals surface area contributed by atoms with Crippen LogP contribution in [-0.2, 0) is 0 Å². The van der Waals surface area contributed by atoms with Crippen molar-refractivity contribution in [1.29, 1.82) is 0 Å². The summed E-state index contributed by atoms with van der Waals surface area (Å²) in [5.74, 6) is -0.433. The van der Waals surface area contributed by atoms with Gasteiger partial charge in [-0.15, -0.1) is 11.3 Å². The van der Waals surface area contributed by atoms with Gasteiger partial charge in [0.15, 0.2) is 22.3 Å². The Kier molecular flexibility index (Phi) is 4.33. The molecule has 0 saturated carbocycles. The molecule has 2 aromatic carbocycles. The summed E-state index contributed by atoms with van der Waals surface area (Å²) in [7, 11) is 0. The summed E-state index contributed by atoms with van der Waals surface area (Å²) in [5.41, 5.74) is 6.90. The quantitative estimate of drug-likeness (QED) is 0.415. The molecule has 3 heterocycles. The number of benzene rings is 2. The number of fused-ring (bicyclic) bond motifs is 2. The summed E-state index contributed by atoms with van der Waals surface area (Å²) in [6.07, 6.45) is 0. The minimum atomic E-state index is -0.579. The number of aromatic nitrogens is 1. The highest BCUT2D eigenvalue weighted by molar-refractivity contribution is 7.21. The van der Waals surface area contributed by atoms with Crippen molar-refractivity contribution in [2.24, 2.45) is 0 Å². The Bertz CT molecular complexity index is 1380. The number of nitrogens with zero attached hydrogens (tertiary/aromatic N) is 1. The lowest BCUT2D eigenvalue weighted by Crippen LogP contribution is -2.41. The monoisotopic (exact) mass is 417 g/mol. The van der Waals surface area contributed by atoms with Gasteiger partial charge in [-0.3, -0.25) is 20.4 Å². The van der Waals surface area contributed by atoms with Gasteiger partial charge in [0.1, 0.15) is 5.58 Å². The summed E-state index contributed by atoms with van der Waals surface area (Å²) in [5, 5.41) is 1.53. The topological polar surface area (TPSA) is 97.4 Å². The molecule has 7 nitrogen and oxygen atoms in total. The van der Waals surface area contributed by atoms with Crippen molar-refractivity contribution in [3.63, 3.8) is 0 Å². The molecule has 0 saturated heterocycles. The summed E-state index contributed by atoms with van der Waals surface area (Å²) in [6.45, 7) is 1.79. The van der Waals surface area contributed by atoms with Crippen LogP contribution in [0, 0.1) is 6.92 Å². The van der Waals surface area contributed by atoms with Crippen LogP contribution in [-0.4, -0.2) is 16.8 Å². The van der Waals surface area contributed by atoms with Crippen molar-refractivity contribution < 1.29 is 18.4 Å². The Morgan fingerprint density at radius 2 is 1.67 bits per heavy atom. The van der Waals surface area contributed by atoms with Crippen LogP contribution < -0.4 is 10.9 Å². The average molecular weight is 417 g/mol. The van der Waals surface area contributed by atoms with E-state index in [1.54, 1.807) is 19.1 Å². The number of carbonyl (C=O) groups is 2. The first kappa shape index (κ1) is 18.1. The van der Waals surface area contributed by atoms with Crippen molar-refractivity contribution in [3.05, 3.63) is 77.7 Å². The number of carbonyl (C=O) groups excluding carboxylic acids is 2. The molecular formula is C22H15N3O4S. The molecule has 0 bridgehead atoms. The van der Waals surface area contributed by atoms with Gasteiger partial charge in [0.2, 0.25) is 0 Å². The summed E-state index contributed by atoms with van der Waals surface area (Å²) in [6, 6.07) is 18.3. The molecule has 0 atom stereocenters. The van der Waals surface area contributed by atoms with Gasteiger partial charge in [0.25, 0.3) is 0 Å². The Balaban J connectivity index is 1.30. The molecule has 5 aromatic rings. The van der Waals surface area contributed by atoms with Crippen molar-refractivity contribution in [1.82, 2.24) is 15.8 Å². The molecule has 0 aliphatic carbocycles. The van der Waals surface area contributed by atoms with Crippen LogP contribution in [0.1, 0.15) is 26.7 Å². The van der Waals surface area contributed by atoms with Gasteiger partial charge in [-0.25, -0.2) is 4.98 Å². The van der Waals surface area contributed by atoms with Crippen LogP contribution in [0.4, 0.5) is 0 Å². The third kappa shape index (κ3) is 3.13. The van der Waals surface area contributed by atoms with E-state index in [2.05, 4.69) is 15.8 Å². The molecule has 30 heavy (non-hydrogen) atoms. The first-order valence-electron chi connectivity index (χ1n) is 9.15. The predicted octanol–water partition coefficient (Wildman–Crippen LogP) is 4.69. The van der Waals surface area contributed by atoms with Gasteiger partial charge < -0.3 is 8.83 Å². The number of thiazole rings is 1. The van der Waals surface area contributed by atoms with Gasteiger partial charge >= 0.3 is 11.8 Å². The first-order chi connectivity index (χ1) is 14.6. The van der Waals surface area contributed by atoms with Gasteiger partial charge in [-0.1, -0.05) is 30.3 Å². The van der Waals surface area contributed by atoms with E-state index in [4.69, 9.17) is 8.83 Å². The van der Waals surface area contributed by atoms with E-state index in [1.165, 1.54) is 17.4 Å². The highest BCUT2D eigenvalue weighted by Gasteiger charge is 2.19. The largest absolute Gasteiger partial charge is 0.451 e. The van der Waals surface area contributed by atoms with E-state index in [9.17, 15) is 9.59 Å². The Hall–Kier alpha value is -3.91. The Morgan fingerprint density at radius 1 is 0.900 bits per heavy atom. The fourth-order valence-electron chi connectivity index (χ4n) is 3.18. The summed E-state index contributed by atoms with van der Waals surface area (Å²) < 4.78 is 12.3. The zero-order chi connectivity index (χ0) is 20.7. The molecule has 0 fully saturated rings. The third-order valence-corrected chi connectivity index (χ3v) is 5.72. The van der Waals surface area contributed by atoms with Crippen molar-refractivity contribution >= 4 is 44.3 Å². The zero-order valence-electron chi connectivity index (χ0n) is 15.8. The van der Waals surface area contributed by atoms with Gasteiger partial charge in [-0.2, -0.15) is 0 Å². The second kappa shape index (κ2) is 7.16. The minimum Gasteiger partial charge on any atom is -0.451 e. The predicted molar refractivity (Wildman–Crippen MR) is 113 cm³/mol. The zero-order valence-corrected chi connectivity index (χ0v) is 16.6. The maximum atomic E-state index is 12.4. The number of aryl methyl sites for hydroxylation is 1. The summed E-state index contributed by atoms with van der Waals surface area (Å²) >= 11 is 1.48. The van der Waals surface area contributed by atoms with E-state index in [0.717, 1.165) is 15.6 Å². The van der Waals surface area contributed by atoms with Crippen LogP contribution >= 0.6 is 11.3 Å². The molecule has 3 aromatic heterocycles. The van der Waals surface area contributed by atoms with Crippen LogP contribution in [0.3, 0.4) is 0 Å². The fraction of sp³-hybridized carbons (Fsp3) is 0.0455. The van der Waals surface area contributed by atoms with Crippen LogP contribution in [0.5, 0.6) is 0 Å². The number of hydrogen-bond acceptors (Lipinski definition) is 6. The van der Waals surface area contributed by atoms with Gasteiger partial charge in [0.05, 0.1) is 10.2 Å². The van der Waals surface area contributed by atoms with Crippen molar-refractivity contribution in [2.45, 2.75) is 6.92 Å². The number of hydrogen-bond donors (Lipinski definition) is 2. The SMILES string of the molecule is Cc1c(C(=O)NNC(=O)c2ccc(-c3nc4ccccc4s3)o2)oc2ccccc12. The molecule has 0 unspecified atom stereocenters. The molecule has 0 radical (unpaired) electrons. The molecular weight excluding hydrogens is 402 g/mol. The smallest absolute Gasteiger partial charge is 0.305 e. The number of hydrazine groups is 1. The van der Waals surface area contributed by atoms with E-state index >= 15 is 0 Å². The van der Waals surface area contributed by atoms with Crippen LogP contribution in [0.25, 0.3) is 32.0 Å². The van der Waals surface area contributed by atoms with Gasteiger partial charge in [0, 0.05) is 10.9 Å². The van der Waals surface area contributed by atoms with E-state index < -0.39 is 11.8 Å². The lowest BCUT2D eigenvalue weighted by Gasteiger charge is -2.04. The highest BCUT2D eigenvalue weighted by atomic mass is 32.1. The average Bonchev–Trinajstić information content (AvgIpc) is 3.49. The van der Waals surface area contributed by atoms with Crippen molar-refractivity contribution in [3.8, 4) is 10.8 Å². The van der Waals surface area contributed by atoms with Crippen LogP contribution in [0.2, 0.25) is 0 Å². The lowest BCUT2D eigenvalue weighted by atomic mass is 10.1. The third-order valence-electron chi connectivity index (χ3n) is 4.67. The standard InChI is InChI=1S/C22H15N3O4S/c1-12-13-6-2-4-8-15(13)29-19(12)21(27)25-24-20(26)16-10-11-17(28-16)22-23-14-7-3-5-9-18(14)30-22/h2-11H,1H3,(H,24,26)(H,25,27). The molecule has 0 aliphatic heterocycles. The first-order valence-corrected chi connectivity index (χ1v) is 9.96. The number of nitrogens with one attached hydrogen (secondary N) is 2. The number of furan rings is 2. The number of para-hydroxylation sites is 2. The maximum absolute atomic E-state index is 12.4. The molecule has 8 heteroatoms. The fourth-order valence-corrected chi connectivity index (χ4v) is 4.10. The second-order valence-corrected chi connectivity index (χ2v) is 7.64. The molecule has 5 rings (SSSR count). The van der Waals surface area contributed by atoms with E-state index in [1.807, 2.05) is 42.5 Å². The molecule has 0 spiro atoms. The highest BCUT2D eigenvalue weighted by Crippen LogP contribution is 2.31. The van der Waals surface area contributed by atoms with Crippen molar-refractivity contribution in [2.75, 3.05) is 0 Å². The van der Waals surface area contributed by atoms with E-state index in [0.29, 0.717) is 21.9 Å². The number of amides is 2. The van der Waals surface area contributed by atoms with E-state index in [-0.39, 0.29) is 11.5 Å². The molecule has 2 N–H and O–H groups in total. The minimum absolute atomic E-state index is 0.0610. The second-order valence-electron chi connectivity index (χ2n) is 6.61. The lowest BCUT2D eigenvalue weighted by molar-refractivity contribution is 0.0818. The Morgan fingerprint density at radius 3 is 2.50 bits per heavy atom. The maximum Gasteiger partial charge on any atom is 0.305 e. The van der Waals surface area contributed by atoms with Gasteiger partial charge in [-0.05, 0) is 37.3 Å². The number of rotatable bonds is 3.